The number of carbonyl (C=O) groups excluding carboxylic acids is 1. The lowest BCUT2D eigenvalue weighted by molar-refractivity contribution is -0.127. The van der Waals surface area contributed by atoms with Crippen LogP contribution in [0.2, 0.25) is 0 Å². The molecule has 29 heavy (non-hydrogen) atoms. The fraction of sp³-hybridized carbons (Fsp3) is 0.636. The second-order valence-electron chi connectivity index (χ2n) is 8.36. The van der Waals surface area contributed by atoms with Gasteiger partial charge in [-0.25, -0.2) is 4.99 Å². The van der Waals surface area contributed by atoms with E-state index in [4.69, 9.17) is 9.73 Å². The molecule has 1 N–H and O–H groups in total. The van der Waals surface area contributed by atoms with Gasteiger partial charge in [-0.05, 0) is 42.4 Å². The van der Waals surface area contributed by atoms with Gasteiger partial charge in [-0.15, -0.1) is 24.0 Å². The van der Waals surface area contributed by atoms with Gasteiger partial charge in [-0.1, -0.05) is 31.4 Å². The molecule has 1 saturated carbocycles. The largest absolute Gasteiger partial charge is 0.497 e. The van der Waals surface area contributed by atoms with E-state index in [0.29, 0.717) is 12.0 Å². The fourth-order valence-corrected chi connectivity index (χ4v) is 4.30. The molecule has 0 unspecified atom stereocenters. The normalized spacial score (nSPS) is 18.3. The zero-order valence-corrected chi connectivity index (χ0v) is 20.3. The lowest BCUT2D eigenvalue weighted by Gasteiger charge is -2.33. The average molecular weight is 514 g/mol. The number of hydrogen-bond donors (Lipinski definition) is 1. The standard InChI is InChI=1S/C22H34N4O2.HI/c1-25(2)20(27)16-24-21(23-15-18-7-9-19(28-3)10-8-18)26-14-13-22(17-26)11-5-4-6-12-22;/h7-10H,4-6,11-17H2,1-3H3,(H,23,24);1H. The molecule has 1 aromatic rings. The van der Waals surface area contributed by atoms with E-state index in [2.05, 4.69) is 10.2 Å². The Morgan fingerprint density at radius 3 is 2.48 bits per heavy atom. The number of benzene rings is 1. The summed E-state index contributed by atoms with van der Waals surface area (Å²) in [6.07, 6.45) is 7.95. The van der Waals surface area contributed by atoms with Crippen molar-refractivity contribution in [1.82, 2.24) is 15.1 Å². The summed E-state index contributed by atoms with van der Waals surface area (Å²) in [5.41, 5.74) is 1.58. The molecule has 2 aliphatic rings. The molecule has 3 rings (SSSR count). The van der Waals surface area contributed by atoms with Gasteiger partial charge in [0.05, 0.1) is 20.2 Å². The first-order valence-electron chi connectivity index (χ1n) is 10.4. The number of methoxy groups -OCH3 is 1. The number of amides is 1. The molecule has 1 aliphatic carbocycles. The third-order valence-corrected chi connectivity index (χ3v) is 6.12. The molecule has 0 aromatic heterocycles. The Hall–Kier alpha value is -1.51. The van der Waals surface area contributed by atoms with E-state index in [1.807, 2.05) is 24.3 Å². The Balaban J connectivity index is 0.00000300. The number of guanidine groups is 1. The molecule has 162 valence electrons. The first-order valence-corrected chi connectivity index (χ1v) is 10.4. The molecule has 0 bridgehead atoms. The number of rotatable bonds is 5. The van der Waals surface area contributed by atoms with Gasteiger partial charge in [0.25, 0.3) is 0 Å². The van der Waals surface area contributed by atoms with Crippen molar-refractivity contribution in [2.45, 2.75) is 45.1 Å². The number of aliphatic imine (C=N–C) groups is 1. The van der Waals surface area contributed by atoms with Crippen LogP contribution in [0.25, 0.3) is 0 Å². The summed E-state index contributed by atoms with van der Waals surface area (Å²) in [5.74, 6) is 1.76. The number of ether oxygens (including phenoxy) is 1. The molecule has 0 radical (unpaired) electrons. The number of nitrogens with zero attached hydrogens (tertiary/aromatic N) is 3. The highest BCUT2D eigenvalue weighted by Crippen LogP contribution is 2.43. The second-order valence-corrected chi connectivity index (χ2v) is 8.36. The predicted molar refractivity (Wildman–Crippen MR) is 128 cm³/mol. The van der Waals surface area contributed by atoms with Crippen LogP contribution in [0.1, 0.15) is 44.1 Å². The monoisotopic (exact) mass is 514 g/mol. The van der Waals surface area contributed by atoms with Crippen molar-refractivity contribution in [1.29, 1.82) is 0 Å². The van der Waals surface area contributed by atoms with Crippen molar-refractivity contribution in [3.63, 3.8) is 0 Å². The summed E-state index contributed by atoms with van der Waals surface area (Å²) in [6.45, 7) is 2.94. The van der Waals surface area contributed by atoms with Crippen LogP contribution >= 0.6 is 24.0 Å². The van der Waals surface area contributed by atoms with Gasteiger partial charge in [0, 0.05) is 27.2 Å². The summed E-state index contributed by atoms with van der Waals surface area (Å²) in [4.78, 5) is 20.9. The first kappa shape index (κ1) is 23.8. The Morgan fingerprint density at radius 1 is 1.17 bits per heavy atom. The molecular formula is C22H35IN4O2. The van der Waals surface area contributed by atoms with Crippen molar-refractivity contribution >= 4 is 35.8 Å². The maximum Gasteiger partial charge on any atom is 0.241 e. The predicted octanol–water partition coefficient (Wildman–Crippen LogP) is 3.50. The number of carbonyl (C=O) groups is 1. The Bertz CT molecular complexity index is 685. The van der Waals surface area contributed by atoms with E-state index in [1.54, 1.807) is 26.1 Å². The van der Waals surface area contributed by atoms with Crippen LogP contribution in [0.3, 0.4) is 0 Å². The van der Waals surface area contributed by atoms with Crippen molar-refractivity contribution in [3.8, 4) is 5.75 Å². The molecule has 1 aromatic carbocycles. The molecule has 2 fully saturated rings. The highest BCUT2D eigenvalue weighted by Gasteiger charge is 2.39. The van der Waals surface area contributed by atoms with E-state index in [9.17, 15) is 4.79 Å². The van der Waals surface area contributed by atoms with E-state index < -0.39 is 0 Å². The van der Waals surface area contributed by atoms with Crippen molar-refractivity contribution in [3.05, 3.63) is 29.8 Å². The fourth-order valence-electron chi connectivity index (χ4n) is 4.30. The quantitative estimate of drug-likeness (QED) is 0.372. The maximum absolute atomic E-state index is 12.1. The highest BCUT2D eigenvalue weighted by molar-refractivity contribution is 14.0. The number of hydrogen-bond acceptors (Lipinski definition) is 3. The van der Waals surface area contributed by atoms with Gasteiger partial charge in [0.2, 0.25) is 5.91 Å². The van der Waals surface area contributed by atoms with Gasteiger partial charge in [0.15, 0.2) is 5.96 Å². The minimum atomic E-state index is 0. The Kier molecular flexibility index (Phi) is 9.04. The molecular weight excluding hydrogens is 479 g/mol. The summed E-state index contributed by atoms with van der Waals surface area (Å²) in [6, 6.07) is 8.00. The van der Waals surface area contributed by atoms with Crippen LogP contribution in [0.5, 0.6) is 5.75 Å². The molecule has 1 amide bonds. The van der Waals surface area contributed by atoms with Gasteiger partial charge in [-0.3, -0.25) is 4.79 Å². The van der Waals surface area contributed by atoms with Crippen LogP contribution < -0.4 is 10.1 Å². The molecule has 1 heterocycles. The average Bonchev–Trinajstić information content (AvgIpc) is 3.11. The maximum atomic E-state index is 12.1. The minimum absolute atomic E-state index is 0. The van der Waals surface area contributed by atoms with Crippen molar-refractivity contribution in [2.24, 2.45) is 10.4 Å². The number of likely N-dealkylation sites (tertiary alicyclic amines) is 1. The number of halogens is 1. The molecule has 1 saturated heterocycles. The number of nitrogens with one attached hydrogen (secondary N) is 1. The van der Waals surface area contributed by atoms with Gasteiger partial charge in [-0.2, -0.15) is 0 Å². The minimum Gasteiger partial charge on any atom is -0.497 e. The van der Waals surface area contributed by atoms with Crippen LogP contribution in [-0.4, -0.2) is 62.5 Å². The van der Waals surface area contributed by atoms with Crippen LogP contribution in [-0.2, 0) is 11.3 Å². The SMILES string of the molecule is COc1ccc(CN=C(NCC(=O)N(C)C)N2CCC3(CCCCC3)C2)cc1.I. The zero-order valence-electron chi connectivity index (χ0n) is 17.9. The van der Waals surface area contributed by atoms with Gasteiger partial charge < -0.3 is 19.9 Å². The third kappa shape index (κ3) is 6.49. The van der Waals surface area contributed by atoms with E-state index >= 15 is 0 Å². The van der Waals surface area contributed by atoms with Crippen molar-refractivity contribution in [2.75, 3.05) is 40.8 Å². The first-order chi connectivity index (χ1) is 13.5. The Morgan fingerprint density at radius 2 is 1.86 bits per heavy atom. The lowest BCUT2D eigenvalue weighted by Crippen LogP contribution is -2.45. The zero-order chi connectivity index (χ0) is 20.0. The second kappa shape index (κ2) is 11.0. The molecule has 1 aliphatic heterocycles. The van der Waals surface area contributed by atoms with E-state index in [0.717, 1.165) is 30.4 Å². The summed E-state index contributed by atoms with van der Waals surface area (Å²) in [5, 5.41) is 3.32. The summed E-state index contributed by atoms with van der Waals surface area (Å²) >= 11 is 0. The summed E-state index contributed by atoms with van der Waals surface area (Å²) < 4.78 is 5.23. The highest BCUT2D eigenvalue weighted by atomic mass is 127. The Labute approximate surface area is 192 Å². The molecule has 0 atom stereocenters. The smallest absolute Gasteiger partial charge is 0.241 e. The van der Waals surface area contributed by atoms with E-state index in [1.165, 1.54) is 38.5 Å². The van der Waals surface area contributed by atoms with Crippen LogP contribution in [0, 0.1) is 5.41 Å². The van der Waals surface area contributed by atoms with Crippen LogP contribution in [0.4, 0.5) is 0 Å². The van der Waals surface area contributed by atoms with Gasteiger partial charge in [0.1, 0.15) is 5.75 Å². The van der Waals surface area contributed by atoms with E-state index in [-0.39, 0.29) is 36.4 Å². The molecule has 7 heteroatoms. The van der Waals surface area contributed by atoms with Gasteiger partial charge >= 0.3 is 0 Å². The third-order valence-electron chi connectivity index (χ3n) is 6.12. The lowest BCUT2D eigenvalue weighted by atomic mass is 9.73. The molecule has 6 nitrogen and oxygen atoms in total. The molecule has 1 spiro atoms. The number of likely N-dealkylation sites (N-methyl/N-ethyl adjacent to an activating group) is 1. The topological polar surface area (TPSA) is 57.2 Å². The summed E-state index contributed by atoms with van der Waals surface area (Å²) in [7, 11) is 5.24. The van der Waals surface area contributed by atoms with Crippen LogP contribution in [0.15, 0.2) is 29.3 Å². The van der Waals surface area contributed by atoms with Crippen molar-refractivity contribution < 1.29 is 9.53 Å².